The maximum Gasteiger partial charge on any atom is 0.305 e. The third kappa shape index (κ3) is 3.45. The van der Waals surface area contributed by atoms with E-state index < -0.39 is 0 Å². The summed E-state index contributed by atoms with van der Waals surface area (Å²) in [5, 5.41) is 0. The highest BCUT2D eigenvalue weighted by Crippen LogP contribution is 2.35. The molecule has 108 valence electrons. The molecule has 0 unspecified atom stereocenters. The van der Waals surface area contributed by atoms with Crippen LogP contribution in [0.25, 0.3) is 0 Å². The Morgan fingerprint density at radius 2 is 2.25 bits per heavy atom. The van der Waals surface area contributed by atoms with Crippen LogP contribution in [0.2, 0.25) is 0 Å². The Balaban J connectivity index is 1.80. The molecule has 0 saturated carbocycles. The fourth-order valence-electron chi connectivity index (χ4n) is 2.59. The average molecular weight is 275 g/mol. The zero-order valence-corrected chi connectivity index (χ0v) is 11.9. The number of ether oxygens (including phenoxy) is 2. The molecule has 1 aliphatic rings. The number of benzene rings is 1. The molecule has 0 amide bonds. The molecule has 2 rings (SSSR count). The van der Waals surface area contributed by atoms with Crippen molar-refractivity contribution in [2.45, 2.75) is 38.3 Å². The first-order valence-corrected chi connectivity index (χ1v) is 7.07. The first-order valence-electron chi connectivity index (χ1n) is 7.07. The molecule has 0 bridgehead atoms. The Morgan fingerprint density at radius 3 is 3.00 bits per heavy atom. The summed E-state index contributed by atoms with van der Waals surface area (Å²) < 4.78 is 10.8. The Bertz CT molecular complexity index is 473. The van der Waals surface area contributed by atoms with Crippen molar-refractivity contribution < 1.29 is 14.3 Å². The van der Waals surface area contributed by atoms with Gasteiger partial charge in [-0.3, -0.25) is 9.79 Å². The van der Waals surface area contributed by atoms with Gasteiger partial charge in [-0.05, 0) is 31.2 Å². The van der Waals surface area contributed by atoms with E-state index in [0.29, 0.717) is 26.1 Å². The largest absolute Gasteiger partial charge is 0.466 e. The van der Waals surface area contributed by atoms with Gasteiger partial charge < -0.3 is 9.47 Å². The summed E-state index contributed by atoms with van der Waals surface area (Å²) in [4.78, 5) is 15.4. The van der Waals surface area contributed by atoms with Crippen molar-refractivity contribution in [3.8, 4) is 0 Å². The van der Waals surface area contributed by atoms with Crippen molar-refractivity contribution in [2.75, 3.05) is 13.2 Å². The second kappa shape index (κ2) is 7.20. The van der Waals surface area contributed by atoms with E-state index in [1.807, 2.05) is 19.1 Å². The summed E-state index contributed by atoms with van der Waals surface area (Å²) in [5.41, 5.74) is 2.48. The smallest absolute Gasteiger partial charge is 0.305 e. The molecule has 0 spiro atoms. The summed E-state index contributed by atoms with van der Waals surface area (Å²) in [7, 11) is 0. The van der Waals surface area contributed by atoms with Gasteiger partial charge in [0, 0.05) is 19.4 Å². The summed E-state index contributed by atoms with van der Waals surface area (Å²) in [5.74, 6) is -0.163. The summed E-state index contributed by atoms with van der Waals surface area (Å²) in [6, 6.07) is 8.24. The molecular weight excluding hydrogens is 254 g/mol. The SMILES string of the molecule is C=N[C@H]1c2ccccc2C[C@H]1OCCCC(=O)OCC. The molecule has 20 heavy (non-hydrogen) atoms. The van der Waals surface area contributed by atoms with Gasteiger partial charge in [0.1, 0.15) is 6.04 Å². The van der Waals surface area contributed by atoms with E-state index in [0.717, 1.165) is 6.42 Å². The number of aliphatic imine (C=N–C) groups is 1. The predicted molar refractivity (Wildman–Crippen MR) is 78.0 cm³/mol. The number of rotatable bonds is 7. The predicted octanol–water partition coefficient (Wildman–Crippen LogP) is 2.71. The molecule has 4 heteroatoms. The van der Waals surface area contributed by atoms with Crippen LogP contribution in [-0.4, -0.2) is 32.0 Å². The second-order valence-corrected chi connectivity index (χ2v) is 4.85. The number of nitrogens with zero attached hydrogens (tertiary/aromatic N) is 1. The van der Waals surface area contributed by atoms with Crippen molar-refractivity contribution in [3.05, 3.63) is 35.4 Å². The maximum absolute atomic E-state index is 11.2. The molecule has 2 atom stereocenters. The zero-order valence-electron chi connectivity index (χ0n) is 11.9. The van der Waals surface area contributed by atoms with Crippen LogP contribution >= 0.6 is 0 Å². The first-order chi connectivity index (χ1) is 9.76. The molecule has 0 heterocycles. The van der Waals surface area contributed by atoms with Gasteiger partial charge >= 0.3 is 5.97 Å². The van der Waals surface area contributed by atoms with Crippen molar-refractivity contribution in [1.29, 1.82) is 0 Å². The van der Waals surface area contributed by atoms with E-state index in [9.17, 15) is 4.79 Å². The number of fused-ring (bicyclic) bond motifs is 1. The lowest BCUT2D eigenvalue weighted by Gasteiger charge is -2.17. The van der Waals surface area contributed by atoms with Crippen LogP contribution in [0, 0.1) is 0 Å². The van der Waals surface area contributed by atoms with E-state index in [1.165, 1.54) is 11.1 Å². The Hall–Kier alpha value is -1.68. The lowest BCUT2D eigenvalue weighted by Crippen LogP contribution is -2.18. The highest BCUT2D eigenvalue weighted by molar-refractivity contribution is 5.69. The number of esters is 1. The minimum atomic E-state index is -0.163. The van der Waals surface area contributed by atoms with Crippen LogP contribution in [0.4, 0.5) is 0 Å². The van der Waals surface area contributed by atoms with Gasteiger partial charge in [-0.1, -0.05) is 24.3 Å². The number of hydrogen-bond acceptors (Lipinski definition) is 4. The first kappa shape index (κ1) is 14.7. The molecule has 0 fully saturated rings. The summed E-state index contributed by atoms with van der Waals surface area (Å²) >= 11 is 0. The highest BCUT2D eigenvalue weighted by atomic mass is 16.5. The van der Waals surface area contributed by atoms with E-state index in [2.05, 4.69) is 23.8 Å². The molecule has 0 radical (unpaired) electrons. The molecule has 1 aromatic rings. The third-order valence-corrected chi connectivity index (χ3v) is 3.51. The fourth-order valence-corrected chi connectivity index (χ4v) is 2.59. The van der Waals surface area contributed by atoms with E-state index in [-0.39, 0.29) is 18.1 Å². The topological polar surface area (TPSA) is 47.9 Å². The monoisotopic (exact) mass is 275 g/mol. The third-order valence-electron chi connectivity index (χ3n) is 3.51. The van der Waals surface area contributed by atoms with Crippen molar-refractivity contribution in [1.82, 2.24) is 0 Å². The number of carbonyl (C=O) groups excluding carboxylic acids is 1. The van der Waals surface area contributed by atoms with Crippen LogP contribution in [0.5, 0.6) is 0 Å². The minimum absolute atomic E-state index is 0.00814. The second-order valence-electron chi connectivity index (χ2n) is 4.85. The summed E-state index contributed by atoms with van der Waals surface area (Å²) in [6.45, 7) is 6.45. The quantitative estimate of drug-likeness (QED) is 0.437. The molecule has 1 aromatic carbocycles. The molecular formula is C16H21NO3. The summed E-state index contributed by atoms with van der Waals surface area (Å²) in [6.07, 6.45) is 1.97. The van der Waals surface area contributed by atoms with Gasteiger partial charge in [-0.2, -0.15) is 0 Å². The zero-order chi connectivity index (χ0) is 14.4. The van der Waals surface area contributed by atoms with Crippen LogP contribution in [-0.2, 0) is 20.7 Å². The van der Waals surface area contributed by atoms with Gasteiger partial charge in [0.15, 0.2) is 0 Å². The van der Waals surface area contributed by atoms with Gasteiger partial charge in [0.05, 0.1) is 12.7 Å². The van der Waals surface area contributed by atoms with Crippen molar-refractivity contribution in [3.63, 3.8) is 0 Å². The van der Waals surface area contributed by atoms with Crippen LogP contribution in [0.15, 0.2) is 29.3 Å². The Kier molecular flexibility index (Phi) is 5.30. The minimum Gasteiger partial charge on any atom is -0.466 e. The highest BCUT2D eigenvalue weighted by Gasteiger charge is 2.31. The van der Waals surface area contributed by atoms with E-state index >= 15 is 0 Å². The number of hydrogen-bond donors (Lipinski definition) is 0. The van der Waals surface area contributed by atoms with Gasteiger partial charge in [-0.15, -0.1) is 0 Å². The van der Waals surface area contributed by atoms with Crippen LogP contribution < -0.4 is 0 Å². The Labute approximate surface area is 119 Å². The van der Waals surface area contributed by atoms with E-state index in [4.69, 9.17) is 9.47 Å². The van der Waals surface area contributed by atoms with Gasteiger partial charge in [-0.25, -0.2) is 0 Å². The molecule has 4 nitrogen and oxygen atoms in total. The maximum atomic E-state index is 11.2. The number of carbonyl (C=O) groups is 1. The fraction of sp³-hybridized carbons (Fsp3) is 0.500. The lowest BCUT2D eigenvalue weighted by molar-refractivity contribution is -0.143. The molecule has 0 aromatic heterocycles. The van der Waals surface area contributed by atoms with E-state index in [1.54, 1.807) is 0 Å². The average Bonchev–Trinajstić information content (AvgIpc) is 2.81. The van der Waals surface area contributed by atoms with Crippen LogP contribution in [0.3, 0.4) is 0 Å². The molecule has 0 saturated heterocycles. The molecule has 0 N–H and O–H groups in total. The van der Waals surface area contributed by atoms with Gasteiger partial charge in [0.25, 0.3) is 0 Å². The molecule has 1 aliphatic carbocycles. The lowest BCUT2D eigenvalue weighted by atomic mass is 10.1. The Morgan fingerprint density at radius 1 is 1.45 bits per heavy atom. The van der Waals surface area contributed by atoms with Crippen molar-refractivity contribution >= 4 is 12.7 Å². The van der Waals surface area contributed by atoms with Gasteiger partial charge in [0.2, 0.25) is 0 Å². The normalized spacial score (nSPS) is 20.4. The van der Waals surface area contributed by atoms with Crippen molar-refractivity contribution in [2.24, 2.45) is 4.99 Å². The standard InChI is InChI=1S/C16H21NO3/c1-3-19-15(18)9-6-10-20-14-11-12-7-4-5-8-13(12)16(14)17-2/h4-5,7-8,14,16H,2-3,6,9-11H2,1H3/t14-,16+/m1/s1. The van der Waals surface area contributed by atoms with Crippen LogP contribution in [0.1, 0.15) is 36.9 Å². The molecule has 0 aliphatic heterocycles.